The lowest BCUT2D eigenvalue weighted by atomic mass is 10.3. The van der Waals surface area contributed by atoms with Gasteiger partial charge in [0.25, 0.3) is 0 Å². The van der Waals surface area contributed by atoms with Crippen LogP contribution in [-0.2, 0) is 10.0 Å². The summed E-state index contributed by atoms with van der Waals surface area (Å²) in [6.07, 6.45) is 3.50. The fourth-order valence-electron chi connectivity index (χ4n) is 1.05. The average molecular weight is 218 g/mol. The van der Waals surface area contributed by atoms with Crippen LogP contribution in [0, 0.1) is 0 Å². The third-order valence-corrected chi connectivity index (χ3v) is 3.78. The van der Waals surface area contributed by atoms with Gasteiger partial charge in [-0.1, -0.05) is 6.92 Å². The molecule has 0 radical (unpaired) electrons. The third-order valence-electron chi connectivity index (χ3n) is 1.89. The first kappa shape index (κ1) is 11.0. The van der Waals surface area contributed by atoms with Crippen molar-refractivity contribution in [3.8, 4) is 0 Å². The molecule has 14 heavy (non-hydrogen) atoms. The highest BCUT2D eigenvalue weighted by atomic mass is 32.2. The van der Waals surface area contributed by atoms with E-state index < -0.39 is 15.3 Å². The Hall–Kier alpha value is -1.08. The topological polar surface area (TPSA) is 101 Å². The molecule has 0 spiro atoms. The molecule has 0 aromatic carbocycles. The van der Waals surface area contributed by atoms with Gasteiger partial charge in [0.15, 0.2) is 0 Å². The Morgan fingerprint density at radius 1 is 1.71 bits per heavy atom. The number of nitrogens with zero attached hydrogens (tertiary/aromatic N) is 1. The molecule has 1 aromatic heterocycles. The van der Waals surface area contributed by atoms with Crippen LogP contribution in [0.2, 0.25) is 0 Å². The van der Waals surface area contributed by atoms with E-state index in [1.807, 2.05) is 0 Å². The third kappa shape index (κ3) is 2.46. The largest absolute Gasteiger partial charge is 0.330 e. The van der Waals surface area contributed by atoms with Crippen molar-refractivity contribution in [1.82, 2.24) is 9.97 Å². The van der Waals surface area contributed by atoms with E-state index >= 15 is 0 Å². The first-order valence-electron chi connectivity index (χ1n) is 4.31. The van der Waals surface area contributed by atoms with Gasteiger partial charge in [0.1, 0.15) is 0 Å². The van der Waals surface area contributed by atoms with Crippen molar-refractivity contribution in [3.05, 3.63) is 12.4 Å². The normalized spacial score (nSPS) is 13.9. The second-order valence-electron chi connectivity index (χ2n) is 2.85. The van der Waals surface area contributed by atoms with Crippen LogP contribution in [0.4, 0.5) is 5.95 Å². The Labute approximate surface area is 83.0 Å². The van der Waals surface area contributed by atoms with Crippen LogP contribution in [0.5, 0.6) is 0 Å². The molecular weight excluding hydrogens is 204 g/mol. The Balaban J connectivity index is 2.76. The lowest BCUT2D eigenvalue weighted by molar-refractivity contribution is 0.581. The monoisotopic (exact) mass is 218 g/mol. The zero-order valence-electron chi connectivity index (χ0n) is 7.90. The molecule has 0 aliphatic heterocycles. The molecule has 0 saturated carbocycles. The van der Waals surface area contributed by atoms with Gasteiger partial charge in [-0.05, 0) is 6.42 Å². The molecule has 0 amide bonds. The SMILES string of the molecule is CCC(CN)S(=O)(=O)Nc1ncc[nH]1. The highest BCUT2D eigenvalue weighted by Gasteiger charge is 2.22. The summed E-state index contributed by atoms with van der Waals surface area (Å²) >= 11 is 0. The van der Waals surface area contributed by atoms with Crippen LogP contribution >= 0.6 is 0 Å². The van der Waals surface area contributed by atoms with Gasteiger partial charge in [0.05, 0.1) is 5.25 Å². The maximum atomic E-state index is 11.6. The van der Waals surface area contributed by atoms with E-state index in [1.165, 1.54) is 6.20 Å². The van der Waals surface area contributed by atoms with E-state index in [-0.39, 0.29) is 12.5 Å². The summed E-state index contributed by atoms with van der Waals surface area (Å²) in [6.45, 7) is 1.88. The average Bonchev–Trinajstić information content (AvgIpc) is 2.57. The first-order chi connectivity index (χ1) is 6.60. The summed E-state index contributed by atoms with van der Waals surface area (Å²) in [4.78, 5) is 6.42. The van der Waals surface area contributed by atoms with Gasteiger partial charge < -0.3 is 10.7 Å². The van der Waals surface area contributed by atoms with E-state index in [0.29, 0.717) is 6.42 Å². The van der Waals surface area contributed by atoms with E-state index in [0.717, 1.165) is 0 Å². The summed E-state index contributed by atoms with van der Waals surface area (Å²) < 4.78 is 25.5. The number of imidazole rings is 1. The molecular formula is C7H14N4O2S. The lowest BCUT2D eigenvalue weighted by Crippen LogP contribution is -2.34. The number of sulfonamides is 1. The Morgan fingerprint density at radius 3 is 2.86 bits per heavy atom. The second kappa shape index (κ2) is 4.43. The molecule has 1 atom stereocenters. The minimum atomic E-state index is -3.41. The van der Waals surface area contributed by atoms with Gasteiger partial charge in [-0.2, -0.15) is 0 Å². The molecule has 80 valence electrons. The smallest absolute Gasteiger partial charge is 0.239 e. The van der Waals surface area contributed by atoms with Gasteiger partial charge in [0, 0.05) is 18.9 Å². The van der Waals surface area contributed by atoms with Crippen molar-refractivity contribution in [2.24, 2.45) is 5.73 Å². The molecule has 4 N–H and O–H groups in total. The Morgan fingerprint density at radius 2 is 2.43 bits per heavy atom. The minimum Gasteiger partial charge on any atom is -0.330 e. The Kier molecular flexibility index (Phi) is 3.48. The molecule has 1 heterocycles. The zero-order valence-corrected chi connectivity index (χ0v) is 8.71. The number of aromatic amines is 1. The summed E-state index contributed by atoms with van der Waals surface area (Å²) in [5, 5.41) is -0.576. The molecule has 7 heteroatoms. The predicted molar refractivity (Wildman–Crippen MR) is 54.3 cm³/mol. The lowest BCUT2D eigenvalue weighted by Gasteiger charge is -2.13. The molecule has 1 rings (SSSR count). The summed E-state index contributed by atoms with van der Waals surface area (Å²) in [5.74, 6) is 0.219. The zero-order chi connectivity index (χ0) is 10.6. The predicted octanol–water partition coefficient (Wildman–Crippen LogP) is -0.111. The van der Waals surface area contributed by atoms with Crippen molar-refractivity contribution in [2.75, 3.05) is 11.3 Å². The van der Waals surface area contributed by atoms with Crippen molar-refractivity contribution >= 4 is 16.0 Å². The fraction of sp³-hybridized carbons (Fsp3) is 0.571. The molecule has 6 nitrogen and oxygen atoms in total. The number of H-pyrrole nitrogens is 1. The Bertz CT molecular complexity index is 355. The molecule has 0 aliphatic rings. The van der Waals surface area contributed by atoms with Crippen LogP contribution in [0.3, 0.4) is 0 Å². The van der Waals surface area contributed by atoms with Gasteiger partial charge >= 0.3 is 0 Å². The van der Waals surface area contributed by atoms with Gasteiger partial charge in [0.2, 0.25) is 16.0 Å². The van der Waals surface area contributed by atoms with Crippen LogP contribution < -0.4 is 10.5 Å². The molecule has 0 fully saturated rings. The minimum absolute atomic E-state index is 0.104. The summed E-state index contributed by atoms with van der Waals surface area (Å²) in [6, 6.07) is 0. The van der Waals surface area contributed by atoms with Crippen molar-refractivity contribution in [1.29, 1.82) is 0 Å². The number of hydrogen-bond acceptors (Lipinski definition) is 4. The summed E-state index contributed by atoms with van der Waals surface area (Å²) in [5.41, 5.74) is 5.35. The fourth-order valence-corrected chi connectivity index (χ4v) is 2.29. The highest BCUT2D eigenvalue weighted by Crippen LogP contribution is 2.08. The summed E-state index contributed by atoms with van der Waals surface area (Å²) in [7, 11) is -3.41. The van der Waals surface area contributed by atoms with E-state index in [1.54, 1.807) is 13.1 Å². The van der Waals surface area contributed by atoms with Crippen LogP contribution in [0.15, 0.2) is 12.4 Å². The molecule has 1 unspecified atom stereocenters. The number of nitrogens with two attached hydrogens (primary N) is 1. The van der Waals surface area contributed by atoms with Crippen LogP contribution in [0.1, 0.15) is 13.3 Å². The quantitative estimate of drug-likeness (QED) is 0.641. The number of nitrogens with one attached hydrogen (secondary N) is 2. The van der Waals surface area contributed by atoms with Crippen LogP contribution in [0.25, 0.3) is 0 Å². The van der Waals surface area contributed by atoms with Crippen LogP contribution in [-0.4, -0.2) is 30.2 Å². The molecule has 0 bridgehead atoms. The number of hydrogen-bond donors (Lipinski definition) is 3. The molecule has 0 aliphatic carbocycles. The van der Waals surface area contributed by atoms with E-state index in [2.05, 4.69) is 14.7 Å². The second-order valence-corrected chi connectivity index (χ2v) is 4.81. The van der Waals surface area contributed by atoms with Gasteiger partial charge in [-0.25, -0.2) is 13.4 Å². The maximum Gasteiger partial charge on any atom is 0.239 e. The van der Waals surface area contributed by atoms with E-state index in [4.69, 9.17) is 5.73 Å². The van der Waals surface area contributed by atoms with E-state index in [9.17, 15) is 8.42 Å². The van der Waals surface area contributed by atoms with Gasteiger partial charge in [-0.15, -0.1) is 0 Å². The standard InChI is InChI=1S/C7H14N4O2S/c1-2-6(5-8)14(12,13)11-7-9-3-4-10-7/h3-4,6H,2,5,8H2,1H3,(H2,9,10,11). The van der Waals surface area contributed by atoms with Gasteiger partial charge in [-0.3, -0.25) is 4.72 Å². The highest BCUT2D eigenvalue weighted by molar-refractivity contribution is 7.93. The van der Waals surface area contributed by atoms with Crippen molar-refractivity contribution in [2.45, 2.75) is 18.6 Å². The molecule has 0 saturated heterocycles. The first-order valence-corrected chi connectivity index (χ1v) is 5.86. The van der Waals surface area contributed by atoms with Crippen molar-refractivity contribution < 1.29 is 8.42 Å². The van der Waals surface area contributed by atoms with Crippen molar-refractivity contribution in [3.63, 3.8) is 0 Å². The number of anilines is 1. The molecule has 1 aromatic rings. The number of aromatic nitrogens is 2. The number of rotatable bonds is 5. The maximum absolute atomic E-state index is 11.6.